The van der Waals surface area contributed by atoms with E-state index < -0.39 is 10.0 Å². The first-order valence-electron chi connectivity index (χ1n) is 10.3. The van der Waals surface area contributed by atoms with Crippen molar-refractivity contribution < 1.29 is 22.7 Å². The number of benzene rings is 1. The Labute approximate surface area is 192 Å². The van der Waals surface area contributed by atoms with Crippen LogP contribution in [-0.2, 0) is 19.6 Å². The van der Waals surface area contributed by atoms with Crippen LogP contribution in [0.1, 0.15) is 16.8 Å². The maximum Gasteiger partial charge on any atom is 0.271 e. The van der Waals surface area contributed by atoms with E-state index in [1.54, 1.807) is 47.7 Å². The molecule has 2 heterocycles. The van der Waals surface area contributed by atoms with Gasteiger partial charge in [0, 0.05) is 57.7 Å². The molecule has 1 saturated heterocycles. The van der Waals surface area contributed by atoms with Crippen LogP contribution in [0, 0.1) is 0 Å². The zero-order valence-electron chi connectivity index (χ0n) is 18.0. The Morgan fingerprint density at radius 1 is 1.09 bits per heavy atom. The zero-order chi connectivity index (χ0) is 23.0. The molecule has 3 rings (SSSR count). The average molecular weight is 481 g/mol. The topological polar surface area (TPSA) is 108 Å². The number of nitrogens with one attached hydrogen (secondary N) is 2. The van der Waals surface area contributed by atoms with Gasteiger partial charge in [-0.1, -0.05) is 6.07 Å². The molecule has 1 aromatic heterocycles. The summed E-state index contributed by atoms with van der Waals surface area (Å²) < 4.78 is 32.3. The molecule has 0 aliphatic carbocycles. The molecule has 32 heavy (non-hydrogen) atoms. The van der Waals surface area contributed by atoms with Gasteiger partial charge in [0.1, 0.15) is 4.21 Å². The molecule has 0 unspecified atom stereocenters. The molecule has 174 valence electrons. The Hall–Kier alpha value is -2.47. The number of rotatable bonds is 10. The van der Waals surface area contributed by atoms with Crippen molar-refractivity contribution in [2.24, 2.45) is 0 Å². The van der Waals surface area contributed by atoms with Crippen molar-refractivity contribution in [1.82, 2.24) is 15.1 Å². The Morgan fingerprint density at radius 2 is 1.81 bits per heavy atom. The zero-order valence-corrected chi connectivity index (χ0v) is 19.6. The third-order valence-electron chi connectivity index (χ3n) is 5.02. The lowest BCUT2D eigenvalue weighted by molar-refractivity contribution is -0.122. The summed E-state index contributed by atoms with van der Waals surface area (Å²) in [5.41, 5.74) is 0.893. The number of nitrogens with zero attached hydrogens (tertiary/aromatic N) is 2. The summed E-state index contributed by atoms with van der Waals surface area (Å²) in [5.74, 6) is -0.136. The van der Waals surface area contributed by atoms with Crippen molar-refractivity contribution in [2.45, 2.75) is 10.6 Å². The number of ether oxygens (including phenoxy) is 1. The van der Waals surface area contributed by atoms with E-state index in [-0.39, 0.29) is 16.0 Å². The first kappa shape index (κ1) is 24.2. The second kappa shape index (κ2) is 11.4. The van der Waals surface area contributed by atoms with Gasteiger partial charge in [0.2, 0.25) is 5.91 Å². The normalized spacial score (nSPS) is 14.8. The van der Waals surface area contributed by atoms with Crippen molar-refractivity contribution in [1.29, 1.82) is 0 Å². The van der Waals surface area contributed by atoms with Gasteiger partial charge in [-0.2, -0.15) is 0 Å². The Balaban J connectivity index is 1.46. The van der Waals surface area contributed by atoms with Gasteiger partial charge in [-0.05, 0) is 42.1 Å². The summed E-state index contributed by atoms with van der Waals surface area (Å²) in [4.78, 5) is 28.6. The predicted octanol–water partition coefficient (Wildman–Crippen LogP) is 1.46. The van der Waals surface area contributed by atoms with Crippen molar-refractivity contribution in [2.75, 3.05) is 57.7 Å². The van der Waals surface area contributed by atoms with E-state index in [9.17, 15) is 18.0 Å². The van der Waals surface area contributed by atoms with Gasteiger partial charge in [-0.15, -0.1) is 11.3 Å². The minimum Gasteiger partial charge on any atom is -0.385 e. The number of methoxy groups -OCH3 is 1. The van der Waals surface area contributed by atoms with E-state index in [0.717, 1.165) is 17.8 Å². The van der Waals surface area contributed by atoms with Crippen molar-refractivity contribution in [3.8, 4) is 0 Å². The van der Waals surface area contributed by atoms with Gasteiger partial charge in [0.05, 0.1) is 6.54 Å². The molecule has 2 aromatic rings. The maximum absolute atomic E-state index is 12.8. The molecule has 0 spiro atoms. The highest BCUT2D eigenvalue weighted by molar-refractivity contribution is 7.94. The van der Waals surface area contributed by atoms with E-state index in [1.165, 1.54) is 6.07 Å². The fourth-order valence-corrected chi connectivity index (χ4v) is 5.35. The van der Waals surface area contributed by atoms with E-state index in [4.69, 9.17) is 4.74 Å². The molecule has 1 fully saturated rings. The fraction of sp³-hybridized carbons (Fsp3) is 0.429. The van der Waals surface area contributed by atoms with E-state index >= 15 is 0 Å². The minimum atomic E-state index is -3.62. The highest BCUT2D eigenvalue weighted by Gasteiger charge is 2.23. The summed E-state index contributed by atoms with van der Waals surface area (Å²) in [7, 11) is -1.99. The average Bonchev–Trinajstić information content (AvgIpc) is 3.33. The molecule has 1 aliphatic heterocycles. The smallest absolute Gasteiger partial charge is 0.271 e. The lowest BCUT2D eigenvalue weighted by Gasteiger charge is -2.34. The first-order chi connectivity index (χ1) is 15.4. The van der Waals surface area contributed by atoms with E-state index in [2.05, 4.69) is 10.0 Å². The number of amides is 2. The molecule has 0 saturated carbocycles. The van der Waals surface area contributed by atoms with Crippen LogP contribution in [0.3, 0.4) is 0 Å². The number of hydrogen-bond acceptors (Lipinski definition) is 7. The molecule has 1 aromatic carbocycles. The molecule has 11 heteroatoms. The van der Waals surface area contributed by atoms with Gasteiger partial charge >= 0.3 is 0 Å². The van der Waals surface area contributed by atoms with Crippen molar-refractivity contribution >= 4 is 38.9 Å². The molecule has 0 radical (unpaired) electrons. The largest absolute Gasteiger partial charge is 0.385 e. The van der Waals surface area contributed by atoms with Crippen LogP contribution in [0.15, 0.2) is 46.0 Å². The number of piperazine rings is 1. The van der Waals surface area contributed by atoms with E-state index in [1.807, 2.05) is 4.90 Å². The molecule has 0 bridgehead atoms. The molecule has 1 aliphatic rings. The maximum atomic E-state index is 12.8. The third kappa shape index (κ3) is 6.76. The summed E-state index contributed by atoms with van der Waals surface area (Å²) in [6.45, 7) is 3.82. The van der Waals surface area contributed by atoms with Crippen LogP contribution in [0.25, 0.3) is 0 Å². The van der Waals surface area contributed by atoms with Crippen LogP contribution in [0.2, 0.25) is 0 Å². The summed E-state index contributed by atoms with van der Waals surface area (Å²) >= 11 is 1.14. The SMILES string of the molecule is COCCCNC(=O)CN1CCN(C(=O)c2ccc(NS(=O)(=O)c3cccs3)cc2)CC1. The minimum absolute atomic E-state index is 0.0264. The Morgan fingerprint density at radius 3 is 2.44 bits per heavy atom. The quantitative estimate of drug-likeness (QED) is 0.499. The van der Waals surface area contributed by atoms with Crippen LogP contribution in [0.4, 0.5) is 5.69 Å². The second-order valence-corrected chi connectivity index (χ2v) is 10.2. The number of sulfonamides is 1. The lowest BCUT2D eigenvalue weighted by Crippen LogP contribution is -2.51. The highest BCUT2D eigenvalue weighted by atomic mass is 32.2. The molecule has 0 atom stereocenters. The van der Waals surface area contributed by atoms with Gasteiger partial charge in [0.25, 0.3) is 15.9 Å². The monoisotopic (exact) mass is 480 g/mol. The van der Waals surface area contributed by atoms with Crippen LogP contribution >= 0.6 is 11.3 Å². The Bertz CT molecular complexity index is 986. The molecule has 2 N–H and O–H groups in total. The number of carbonyl (C=O) groups excluding carboxylic acids is 2. The second-order valence-electron chi connectivity index (χ2n) is 7.38. The fourth-order valence-electron chi connectivity index (χ4n) is 3.30. The lowest BCUT2D eigenvalue weighted by atomic mass is 10.1. The van der Waals surface area contributed by atoms with E-state index in [0.29, 0.717) is 57.1 Å². The van der Waals surface area contributed by atoms with Gasteiger partial charge in [0.15, 0.2) is 0 Å². The summed E-state index contributed by atoms with van der Waals surface area (Å²) in [6.07, 6.45) is 0.777. The van der Waals surface area contributed by atoms with Gasteiger partial charge in [-0.25, -0.2) is 8.42 Å². The molecular formula is C21H28N4O5S2. The molecule has 9 nitrogen and oxygen atoms in total. The summed E-state index contributed by atoms with van der Waals surface area (Å²) in [5, 5.41) is 4.57. The van der Waals surface area contributed by atoms with Gasteiger partial charge in [-0.3, -0.25) is 19.2 Å². The standard InChI is InChI=1S/C21H28N4O5S2/c1-30-14-3-9-22-19(26)16-24-10-12-25(13-11-24)21(27)17-5-7-18(8-6-17)23-32(28,29)20-4-2-15-31-20/h2,4-8,15,23H,3,9-14,16H2,1H3,(H,22,26). The Kier molecular flexibility index (Phi) is 8.62. The predicted molar refractivity (Wildman–Crippen MR) is 123 cm³/mol. The summed E-state index contributed by atoms with van der Waals surface area (Å²) in [6, 6.07) is 9.62. The third-order valence-corrected chi connectivity index (χ3v) is 7.80. The first-order valence-corrected chi connectivity index (χ1v) is 12.7. The van der Waals surface area contributed by atoms with Crippen LogP contribution in [0.5, 0.6) is 0 Å². The number of thiophene rings is 1. The van der Waals surface area contributed by atoms with Crippen LogP contribution in [-0.4, -0.2) is 83.0 Å². The number of anilines is 1. The van der Waals surface area contributed by atoms with Crippen molar-refractivity contribution in [3.05, 3.63) is 47.3 Å². The highest BCUT2D eigenvalue weighted by Crippen LogP contribution is 2.21. The molecular weight excluding hydrogens is 452 g/mol. The molecule has 2 amide bonds. The van der Waals surface area contributed by atoms with Crippen molar-refractivity contribution in [3.63, 3.8) is 0 Å². The van der Waals surface area contributed by atoms with Crippen LogP contribution < -0.4 is 10.0 Å². The number of carbonyl (C=O) groups is 2. The number of hydrogen-bond donors (Lipinski definition) is 2. The van der Waals surface area contributed by atoms with Gasteiger partial charge < -0.3 is 15.0 Å².